The molecule has 1 aromatic carbocycles. The van der Waals surface area contributed by atoms with Crippen molar-refractivity contribution in [3.63, 3.8) is 0 Å². The van der Waals surface area contributed by atoms with Crippen molar-refractivity contribution in [2.45, 2.75) is 37.4 Å². The highest BCUT2D eigenvalue weighted by Gasteiger charge is 2.18. The van der Waals surface area contributed by atoms with Crippen LogP contribution in [0.2, 0.25) is 0 Å². The monoisotopic (exact) mass is 406 g/mol. The molecule has 0 unspecified atom stereocenters. The summed E-state index contributed by atoms with van der Waals surface area (Å²) < 4.78 is 27.1. The van der Waals surface area contributed by atoms with Crippen LogP contribution in [0.3, 0.4) is 0 Å². The molecule has 3 aromatic rings. The number of aryl methyl sites for hydroxylation is 2. The smallest absolute Gasteiger partial charge is 0.238 e. The Labute approximate surface area is 162 Å². The van der Waals surface area contributed by atoms with Gasteiger partial charge in [0.05, 0.1) is 21.7 Å². The van der Waals surface area contributed by atoms with Gasteiger partial charge < -0.3 is 9.13 Å². The normalized spacial score (nSPS) is 12.0. The first-order chi connectivity index (χ1) is 12.6. The third-order valence-corrected chi connectivity index (χ3v) is 6.62. The summed E-state index contributed by atoms with van der Waals surface area (Å²) in [6.07, 6.45) is 0. The SMILES string of the molecule is CCn1c(SCC(=O)c2cc(C)n(C)c2C)nc2cc(S(N)(=O)=O)ccc21. The molecule has 2 N–H and O–H groups in total. The number of thioether (sulfide) groups is 1. The van der Waals surface area contributed by atoms with Gasteiger partial charge in [0.2, 0.25) is 10.0 Å². The Bertz CT molecular complexity index is 1140. The third kappa shape index (κ3) is 3.67. The number of benzene rings is 1. The number of hydrogen-bond donors (Lipinski definition) is 1. The van der Waals surface area contributed by atoms with E-state index in [1.165, 1.54) is 23.9 Å². The largest absolute Gasteiger partial charge is 0.351 e. The van der Waals surface area contributed by atoms with Gasteiger partial charge in [-0.05, 0) is 45.0 Å². The van der Waals surface area contributed by atoms with Crippen LogP contribution in [0.25, 0.3) is 11.0 Å². The quantitative estimate of drug-likeness (QED) is 0.501. The number of nitrogens with zero attached hydrogens (tertiary/aromatic N) is 3. The third-order valence-electron chi connectivity index (χ3n) is 4.74. The van der Waals surface area contributed by atoms with E-state index in [1.54, 1.807) is 6.07 Å². The Morgan fingerprint density at radius 1 is 1.26 bits per heavy atom. The molecule has 0 saturated heterocycles. The number of nitrogens with two attached hydrogens (primary N) is 1. The summed E-state index contributed by atoms with van der Waals surface area (Å²) in [5.74, 6) is 0.302. The van der Waals surface area contributed by atoms with Crippen molar-refractivity contribution in [2.75, 3.05) is 5.75 Å². The van der Waals surface area contributed by atoms with Crippen LogP contribution < -0.4 is 5.14 Å². The second kappa shape index (κ2) is 7.14. The second-order valence-electron chi connectivity index (χ2n) is 6.39. The molecule has 9 heteroatoms. The van der Waals surface area contributed by atoms with Crippen molar-refractivity contribution in [3.05, 3.63) is 41.2 Å². The lowest BCUT2D eigenvalue weighted by Crippen LogP contribution is -2.11. The van der Waals surface area contributed by atoms with Crippen LogP contribution in [0, 0.1) is 13.8 Å². The molecule has 2 heterocycles. The maximum atomic E-state index is 12.6. The van der Waals surface area contributed by atoms with Crippen LogP contribution in [0.4, 0.5) is 0 Å². The fourth-order valence-corrected chi connectivity index (χ4v) is 4.52. The van der Waals surface area contributed by atoms with Crippen LogP contribution in [0.15, 0.2) is 34.3 Å². The van der Waals surface area contributed by atoms with Crippen molar-refractivity contribution in [1.82, 2.24) is 14.1 Å². The number of carbonyl (C=O) groups is 1. The van der Waals surface area contributed by atoms with Crippen LogP contribution in [0.5, 0.6) is 0 Å². The number of hydrogen-bond acceptors (Lipinski definition) is 5. The van der Waals surface area contributed by atoms with Gasteiger partial charge in [0.1, 0.15) is 0 Å². The van der Waals surface area contributed by atoms with Crippen molar-refractivity contribution in [3.8, 4) is 0 Å². The van der Waals surface area contributed by atoms with Gasteiger partial charge >= 0.3 is 0 Å². The second-order valence-corrected chi connectivity index (χ2v) is 8.89. The highest BCUT2D eigenvalue weighted by molar-refractivity contribution is 7.99. The van der Waals surface area contributed by atoms with E-state index >= 15 is 0 Å². The summed E-state index contributed by atoms with van der Waals surface area (Å²) in [4.78, 5) is 17.2. The summed E-state index contributed by atoms with van der Waals surface area (Å²) in [7, 11) is -1.85. The Balaban J connectivity index is 1.90. The molecule has 0 atom stereocenters. The first-order valence-electron chi connectivity index (χ1n) is 8.45. The van der Waals surface area contributed by atoms with Gasteiger partial charge in [-0.1, -0.05) is 11.8 Å². The van der Waals surface area contributed by atoms with E-state index in [2.05, 4.69) is 4.98 Å². The Hall–Kier alpha value is -2.10. The van der Waals surface area contributed by atoms with Crippen molar-refractivity contribution in [1.29, 1.82) is 0 Å². The molecule has 0 aliphatic rings. The molecule has 7 nitrogen and oxygen atoms in total. The maximum Gasteiger partial charge on any atom is 0.238 e. The minimum absolute atomic E-state index is 0.0266. The minimum atomic E-state index is -3.79. The molecule has 144 valence electrons. The fourth-order valence-electron chi connectivity index (χ4n) is 3.03. The number of carbonyl (C=O) groups excluding carboxylic acids is 1. The highest BCUT2D eigenvalue weighted by atomic mass is 32.2. The topological polar surface area (TPSA) is 100.0 Å². The first kappa shape index (κ1) is 19.7. The lowest BCUT2D eigenvalue weighted by molar-refractivity contribution is 0.102. The number of primary sulfonamides is 1. The van der Waals surface area contributed by atoms with Crippen molar-refractivity contribution < 1.29 is 13.2 Å². The molecule has 0 radical (unpaired) electrons. The van der Waals surface area contributed by atoms with Gasteiger partial charge in [0.25, 0.3) is 0 Å². The zero-order chi connectivity index (χ0) is 19.9. The van der Waals surface area contributed by atoms with Crippen molar-refractivity contribution >= 4 is 38.6 Å². The predicted molar refractivity (Wildman–Crippen MR) is 107 cm³/mol. The number of sulfonamides is 1. The molecule has 2 aromatic heterocycles. The summed E-state index contributed by atoms with van der Waals surface area (Å²) in [5, 5.41) is 5.88. The van der Waals surface area contributed by atoms with E-state index in [9.17, 15) is 13.2 Å². The molecule has 0 amide bonds. The molecule has 0 spiro atoms. The number of aromatic nitrogens is 3. The lowest BCUT2D eigenvalue weighted by Gasteiger charge is -2.06. The molecule has 27 heavy (non-hydrogen) atoms. The minimum Gasteiger partial charge on any atom is -0.351 e. The van der Waals surface area contributed by atoms with Gasteiger partial charge in [0.15, 0.2) is 10.9 Å². The molecule has 0 aliphatic heterocycles. The highest BCUT2D eigenvalue weighted by Crippen LogP contribution is 2.27. The standard InChI is InChI=1S/C18H22N4O3S2/c1-5-22-16-7-6-13(27(19,24)25)9-15(16)20-18(22)26-10-17(23)14-8-11(2)21(4)12(14)3/h6-9H,5,10H2,1-4H3,(H2,19,24,25). The summed E-state index contributed by atoms with van der Waals surface area (Å²) >= 11 is 1.35. The summed E-state index contributed by atoms with van der Waals surface area (Å²) in [6, 6.07) is 6.54. The van der Waals surface area contributed by atoms with Crippen LogP contribution >= 0.6 is 11.8 Å². The van der Waals surface area contributed by atoms with E-state index < -0.39 is 10.0 Å². The Morgan fingerprint density at radius 2 is 1.96 bits per heavy atom. The van der Waals surface area contributed by atoms with E-state index in [1.807, 2.05) is 43.0 Å². The van der Waals surface area contributed by atoms with E-state index in [0.29, 0.717) is 17.2 Å². The van der Waals surface area contributed by atoms with Gasteiger partial charge in [-0.15, -0.1) is 0 Å². The number of rotatable bonds is 6. The lowest BCUT2D eigenvalue weighted by atomic mass is 10.2. The zero-order valence-electron chi connectivity index (χ0n) is 15.7. The number of ketones is 1. The first-order valence-corrected chi connectivity index (χ1v) is 11.0. The molecular weight excluding hydrogens is 384 g/mol. The van der Waals surface area contributed by atoms with Gasteiger partial charge in [-0.2, -0.15) is 0 Å². The van der Waals surface area contributed by atoms with Gasteiger partial charge in [-0.25, -0.2) is 18.5 Å². The van der Waals surface area contributed by atoms with Crippen LogP contribution in [0.1, 0.15) is 28.7 Å². The summed E-state index contributed by atoms with van der Waals surface area (Å²) in [5.41, 5.74) is 4.06. The average Bonchev–Trinajstić information content (AvgIpc) is 3.10. The number of Topliss-reactive ketones (excluding diaryl/α,β-unsaturated/α-hetero) is 1. The molecule has 0 bridgehead atoms. The predicted octanol–water partition coefficient (Wildman–Crippen LogP) is 2.63. The van der Waals surface area contributed by atoms with Crippen LogP contribution in [-0.2, 0) is 23.6 Å². The average molecular weight is 407 g/mol. The van der Waals surface area contributed by atoms with E-state index in [0.717, 1.165) is 22.5 Å². The Morgan fingerprint density at radius 3 is 2.52 bits per heavy atom. The number of fused-ring (bicyclic) bond motifs is 1. The van der Waals surface area contributed by atoms with Crippen molar-refractivity contribution in [2.24, 2.45) is 12.2 Å². The van der Waals surface area contributed by atoms with E-state index in [4.69, 9.17) is 5.14 Å². The van der Waals surface area contributed by atoms with Crippen LogP contribution in [-0.4, -0.2) is 34.1 Å². The molecule has 0 aliphatic carbocycles. The molecule has 0 fully saturated rings. The Kier molecular flexibility index (Phi) is 5.20. The summed E-state index contributed by atoms with van der Waals surface area (Å²) in [6.45, 7) is 6.54. The maximum absolute atomic E-state index is 12.6. The van der Waals surface area contributed by atoms with E-state index in [-0.39, 0.29) is 16.4 Å². The van der Waals surface area contributed by atoms with Gasteiger partial charge in [-0.3, -0.25) is 4.79 Å². The zero-order valence-corrected chi connectivity index (χ0v) is 17.3. The fraction of sp³-hybridized carbons (Fsp3) is 0.333. The molecular formula is C18H22N4O3S2. The van der Waals surface area contributed by atoms with Gasteiger partial charge in [0, 0.05) is 30.5 Å². The molecule has 0 saturated carbocycles. The molecule has 3 rings (SSSR count). The number of imidazole rings is 1.